The van der Waals surface area contributed by atoms with Crippen molar-refractivity contribution < 1.29 is 43.3 Å². The fourth-order valence-corrected chi connectivity index (χ4v) is 8.67. The van der Waals surface area contributed by atoms with Gasteiger partial charge in [0, 0.05) is 35.1 Å². The highest BCUT2D eigenvalue weighted by atomic mass is 16.5. The molecule has 0 radical (unpaired) electrons. The quantitative estimate of drug-likeness (QED) is 0.300. The van der Waals surface area contributed by atoms with Crippen molar-refractivity contribution in [1.82, 2.24) is 4.90 Å². The van der Waals surface area contributed by atoms with Crippen LogP contribution >= 0.6 is 0 Å². The number of aromatic hydroxyl groups is 1. The van der Waals surface area contributed by atoms with Crippen molar-refractivity contribution >= 4 is 35.0 Å². The van der Waals surface area contributed by atoms with Crippen LogP contribution in [0.15, 0.2) is 90.5 Å². The molecule has 4 aliphatic rings. The summed E-state index contributed by atoms with van der Waals surface area (Å²) in [6.07, 6.45) is 2.40. The Hall–Kier alpha value is -5.51. The van der Waals surface area contributed by atoms with E-state index >= 15 is 4.79 Å². The predicted octanol–water partition coefficient (Wildman–Crippen LogP) is 5.00. The Morgan fingerprint density at radius 2 is 1.48 bits per heavy atom. The fraction of sp³-hybridized carbons (Fsp3) is 0.289. The van der Waals surface area contributed by atoms with Crippen LogP contribution in [0.4, 0.5) is 4.79 Å². The van der Waals surface area contributed by atoms with Crippen LogP contribution < -0.4 is 9.47 Å². The molecule has 1 saturated heterocycles. The van der Waals surface area contributed by atoms with Crippen LogP contribution in [0.5, 0.6) is 17.2 Å². The number of imide groups is 3. The average molecular weight is 648 g/mol. The fourth-order valence-electron chi connectivity index (χ4n) is 8.67. The van der Waals surface area contributed by atoms with Crippen LogP contribution in [-0.4, -0.2) is 60.8 Å². The number of methoxy groups -OCH3 is 3. The maximum atomic E-state index is 15.2. The molecule has 6 atom stereocenters. The number of carbonyl (C=O) groups excluding carboxylic acids is 5. The first-order chi connectivity index (χ1) is 23.2. The van der Waals surface area contributed by atoms with E-state index in [1.165, 1.54) is 32.4 Å². The van der Waals surface area contributed by atoms with Gasteiger partial charge in [0.05, 0.1) is 38.6 Å². The normalized spacial score (nSPS) is 27.7. The first kappa shape index (κ1) is 31.1. The molecule has 7 rings (SSSR count). The third-order valence-corrected chi connectivity index (χ3v) is 10.5. The molecule has 3 amide bonds. The molecule has 1 saturated carbocycles. The van der Waals surface area contributed by atoms with Gasteiger partial charge in [0.25, 0.3) is 0 Å². The Balaban J connectivity index is 1.55. The second kappa shape index (κ2) is 11.6. The Morgan fingerprint density at radius 3 is 2.08 bits per heavy atom. The van der Waals surface area contributed by atoms with E-state index in [2.05, 4.69) is 0 Å². The SMILES string of the molecule is COC(=O)N1C(=O)[C@H]2[C@H](CC=C3[C@H]2C[C@H]2C(=O)C(c4ccccc4)=CC(=O)[C@@]2(c2ccccc2)[C@H]3c2c(OC)cc(O)cc2OC)C1=O. The molecule has 0 aromatic heterocycles. The summed E-state index contributed by atoms with van der Waals surface area (Å²) in [6.45, 7) is 0. The smallest absolute Gasteiger partial charge is 0.423 e. The zero-order valence-electron chi connectivity index (χ0n) is 26.5. The van der Waals surface area contributed by atoms with E-state index in [0.717, 1.165) is 7.11 Å². The summed E-state index contributed by atoms with van der Waals surface area (Å²) in [4.78, 5) is 70.9. The largest absolute Gasteiger partial charge is 0.508 e. The molecule has 3 aromatic carbocycles. The number of ketones is 2. The number of likely N-dealkylation sites (tertiary alicyclic amines) is 1. The topological polar surface area (TPSA) is 137 Å². The third-order valence-electron chi connectivity index (χ3n) is 10.5. The lowest BCUT2D eigenvalue weighted by Crippen LogP contribution is -2.59. The van der Waals surface area contributed by atoms with Crippen molar-refractivity contribution in [1.29, 1.82) is 0 Å². The van der Waals surface area contributed by atoms with E-state index in [0.29, 0.717) is 27.2 Å². The molecule has 1 aliphatic heterocycles. The molecule has 0 spiro atoms. The van der Waals surface area contributed by atoms with Gasteiger partial charge in [-0.2, -0.15) is 4.90 Å². The first-order valence-electron chi connectivity index (χ1n) is 15.7. The molecule has 10 nitrogen and oxygen atoms in total. The summed E-state index contributed by atoms with van der Waals surface area (Å²) in [5.41, 5.74) is 0.970. The summed E-state index contributed by atoms with van der Waals surface area (Å²) in [5, 5.41) is 10.6. The van der Waals surface area contributed by atoms with Gasteiger partial charge in [0.2, 0.25) is 11.8 Å². The summed E-state index contributed by atoms with van der Waals surface area (Å²) >= 11 is 0. The van der Waals surface area contributed by atoms with Crippen molar-refractivity contribution in [2.75, 3.05) is 21.3 Å². The number of amides is 3. The van der Waals surface area contributed by atoms with Gasteiger partial charge in [-0.05, 0) is 36.0 Å². The molecule has 1 heterocycles. The summed E-state index contributed by atoms with van der Waals surface area (Å²) < 4.78 is 16.5. The molecular weight excluding hydrogens is 614 g/mol. The van der Waals surface area contributed by atoms with Crippen molar-refractivity contribution in [2.24, 2.45) is 23.7 Å². The van der Waals surface area contributed by atoms with Gasteiger partial charge in [0.15, 0.2) is 11.6 Å². The maximum Gasteiger partial charge on any atom is 0.423 e. The Kier molecular flexibility index (Phi) is 7.53. The van der Waals surface area contributed by atoms with Gasteiger partial charge in [-0.1, -0.05) is 72.3 Å². The second-order valence-electron chi connectivity index (χ2n) is 12.5. The third kappa shape index (κ3) is 4.28. The number of phenols is 1. The lowest BCUT2D eigenvalue weighted by atomic mass is 9.44. The predicted molar refractivity (Wildman–Crippen MR) is 172 cm³/mol. The van der Waals surface area contributed by atoms with E-state index in [9.17, 15) is 24.3 Å². The van der Waals surface area contributed by atoms with Crippen LogP contribution in [-0.2, 0) is 29.3 Å². The summed E-state index contributed by atoms with van der Waals surface area (Å²) in [7, 11) is 3.97. The molecular formula is C38H33NO9. The molecule has 3 aliphatic carbocycles. The van der Waals surface area contributed by atoms with Crippen LogP contribution in [0.3, 0.4) is 0 Å². The maximum absolute atomic E-state index is 15.2. The number of benzene rings is 3. The van der Waals surface area contributed by atoms with Gasteiger partial charge in [-0.15, -0.1) is 0 Å². The molecule has 48 heavy (non-hydrogen) atoms. The lowest BCUT2D eigenvalue weighted by molar-refractivity contribution is -0.138. The van der Waals surface area contributed by atoms with Gasteiger partial charge in [0.1, 0.15) is 17.2 Å². The van der Waals surface area contributed by atoms with Crippen LogP contribution in [0.25, 0.3) is 5.57 Å². The van der Waals surface area contributed by atoms with Crippen molar-refractivity contribution in [3.8, 4) is 17.2 Å². The van der Waals surface area contributed by atoms with E-state index in [1.54, 1.807) is 24.3 Å². The highest BCUT2D eigenvalue weighted by Gasteiger charge is 2.67. The zero-order valence-corrected chi connectivity index (χ0v) is 26.5. The van der Waals surface area contributed by atoms with E-state index in [4.69, 9.17) is 14.2 Å². The highest BCUT2D eigenvalue weighted by Crippen LogP contribution is 2.65. The van der Waals surface area contributed by atoms with Gasteiger partial charge >= 0.3 is 6.09 Å². The number of carbonyl (C=O) groups is 5. The number of ether oxygens (including phenoxy) is 3. The monoisotopic (exact) mass is 647 g/mol. The number of phenolic OH excluding ortho intramolecular Hbond substituents is 1. The van der Waals surface area contributed by atoms with Crippen molar-refractivity contribution in [2.45, 2.75) is 24.2 Å². The minimum atomic E-state index is -1.53. The van der Waals surface area contributed by atoms with E-state index < -0.39 is 52.9 Å². The minimum Gasteiger partial charge on any atom is -0.508 e. The molecule has 2 fully saturated rings. The van der Waals surface area contributed by atoms with Crippen molar-refractivity contribution in [3.05, 3.63) is 107 Å². The Bertz CT molecular complexity index is 1910. The van der Waals surface area contributed by atoms with Crippen LogP contribution in [0.2, 0.25) is 0 Å². The number of fused-ring (bicyclic) bond motifs is 4. The zero-order chi connectivity index (χ0) is 33.9. The Labute approximate surface area is 276 Å². The number of allylic oxidation sites excluding steroid dienone is 4. The number of nitrogens with zero attached hydrogens (tertiary/aromatic N) is 1. The average Bonchev–Trinajstić information content (AvgIpc) is 3.37. The number of hydrogen-bond acceptors (Lipinski definition) is 9. The van der Waals surface area contributed by atoms with Crippen LogP contribution in [0.1, 0.15) is 35.4 Å². The standard InChI is InChI=1S/C38H33NO9/c1-46-28-16-22(40)17-29(47-2)32(28)33-23-14-15-24-31(36(44)39(35(24)43)37(45)48-3)26(23)18-27-34(42)25(20-10-6-4-7-11-20)19-30(41)38(27,33)21-12-8-5-9-13-21/h4-14,16-17,19,24,26-27,31,33,40H,15,18H2,1-3H3/t24-,26+,27-,31-,33+,38-/m0/s1. The van der Waals surface area contributed by atoms with Gasteiger partial charge < -0.3 is 19.3 Å². The van der Waals surface area contributed by atoms with Crippen molar-refractivity contribution in [3.63, 3.8) is 0 Å². The first-order valence-corrected chi connectivity index (χ1v) is 15.7. The molecule has 3 aromatic rings. The van der Waals surface area contributed by atoms with E-state index in [-0.39, 0.29) is 47.2 Å². The second-order valence-corrected chi connectivity index (χ2v) is 12.5. The Morgan fingerprint density at radius 1 is 0.854 bits per heavy atom. The molecule has 0 unspecified atom stereocenters. The van der Waals surface area contributed by atoms with Crippen LogP contribution in [0, 0.1) is 23.7 Å². The van der Waals surface area contributed by atoms with E-state index in [1.807, 2.05) is 42.5 Å². The van der Waals surface area contributed by atoms with Gasteiger partial charge in [-0.25, -0.2) is 4.79 Å². The summed E-state index contributed by atoms with van der Waals surface area (Å²) in [5.74, 6) is -6.12. The molecule has 0 bridgehead atoms. The van der Waals surface area contributed by atoms with Gasteiger partial charge in [-0.3, -0.25) is 19.2 Å². The molecule has 10 heteroatoms. The summed E-state index contributed by atoms with van der Waals surface area (Å²) in [6, 6.07) is 20.9. The minimum absolute atomic E-state index is 0.0594. The molecule has 1 N–H and O–H groups in total. The highest BCUT2D eigenvalue weighted by molar-refractivity contribution is 6.31. The number of hydrogen-bond donors (Lipinski definition) is 1. The molecule has 244 valence electrons. The number of rotatable bonds is 5. The lowest BCUT2D eigenvalue weighted by Gasteiger charge is -2.55. The number of Topliss-reactive ketones (excluding diaryl/α,β-unsaturated/α-hetero) is 1.